The van der Waals surface area contributed by atoms with Gasteiger partial charge in [0.15, 0.2) is 0 Å². The van der Waals surface area contributed by atoms with Crippen LogP contribution in [0.3, 0.4) is 0 Å². The van der Waals surface area contributed by atoms with Gasteiger partial charge in [-0.1, -0.05) is 60.7 Å². The molecule has 94 valence electrons. The molecule has 0 radical (unpaired) electrons. The van der Waals surface area contributed by atoms with Crippen LogP contribution in [-0.2, 0) is 0 Å². The Bertz CT molecular complexity index is 372. The summed E-state index contributed by atoms with van der Waals surface area (Å²) >= 11 is 0. The summed E-state index contributed by atoms with van der Waals surface area (Å²) in [4.78, 5) is 0. The first-order valence-corrected chi connectivity index (χ1v) is 6.49. The quantitative estimate of drug-likeness (QED) is 0.800. The molecule has 18 heavy (non-hydrogen) atoms. The summed E-state index contributed by atoms with van der Waals surface area (Å²) in [5.74, 6) is 0. The average molecular weight is 240 g/mol. The molecule has 2 N–H and O–H groups in total. The predicted molar refractivity (Wildman–Crippen MR) is 77.6 cm³/mol. The Morgan fingerprint density at radius 3 is 1.11 bits per heavy atom. The molecule has 2 heteroatoms. The van der Waals surface area contributed by atoms with E-state index >= 15 is 0 Å². The lowest BCUT2D eigenvalue weighted by molar-refractivity contribution is 0.534. The highest BCUT2D eigenvalue weighted by Crippen LogP contribution is 2.17. The lowest BCUT2D eigenvalue weighted by Gasteiger charge is -2.11. The lowest BCUT2D eigenvalue weighted by atomic mass is 10.1. The summed E-state index contributed by atoms with van der Waals surface area (Å²) < 4.78 is 0. The first kappa shape index (κ1) is 12.8. The molecule has 0 unspecified atom stereocenters. The number of rotatable bonds is 1. The lowest BCUT2D eigenvalue weighted by Crippen LogP contribution is -2.39. The van der Waals surface area contributed by atoms with Crippen LogP contribution in [-0.4, -0.2) is 26.2 Å². The Kier molecular flexibility index (Phi) is 5.44. The number of hydrogen-bond donors (Lipinski definition) is 2. The van der Waals surface area contributed by atoms with Crippen molar-refractivity contribution in [2.24, 2.45) is 0 Å². The number of benzene rings is 2. The first-order chi connectivity index (χ1) is 8.97. The van der Waals surface area contributed by atoms with Crippen LogP contribution < -0.4 is 10.6 Å². The zero-order chi connectivity index (χ0) is 12.5. The SMILES string of the molecule is C1CNCCN1.c1ccc(-c2ccccc2)cc1. The maximum absolute atomic E-state index is 3.22. The highest BCUT2D eigenvalue weighted by Gasteiger charge is 1.92. The Morgan fingerprint density at radius 1 is 0.500 bits per heavy atom. The normalized spacial score (nSPS) is 14.4. The van der Waals surface area contributed by atoms with Crippen molar-refractivity contribution < 1.29 is 0 Å². The smallest absolute Gasteiger partial charge is 0.00772 e. The monoisotopic (exact) mass is 240 g/mol. The Balaban J connectivity index is 0.000000169. The van der Waals surface area contributed by atoms with Crippen molar-refractivity contribution in [3.8, 4) is 11.1 Å². The standard InChI is InChI=1S/C12H10.C4H10N2/c1-3-7-11(8-4-1)12-9-5-2-6-10-12;1-2-6-4-3-5-1/h1-10H;5-6H,1-4H2. The highest BCUT2D eigenvalue weighted by atomic mass is 15.0. The van der Waals surface area contributed by atoms with E-state index in [1.807, 2.05) is 12.1 Å². The van der Waals surface area contributed by atoms with Crippen LogP contribution >= 0.6 is 0 Å². The molecule has 0 saturated carbocycles. The predicted octanol–water partition coefficient (Wildman–Crippen LogP) is 2.53. The molecular weight excluding hydrogens is 220 g/mol. The van der Waals surface area contributed by atoms with Crippen molar-refractivity contribution in [1.29, 1.82) is 0 Å². The molecule has 0 amide bonds. The van der Waals surface area contributed by atoms with Crippen LogP contribution in [0.1, 0.15) is 0 Å². The summed E-state index contributed by atoms with van der Waals surface area (Å²) in [5, 5.41) is 6.44. The minimum Gasteiger partial charge on any atom is -0.314 e. The third-order valence-corrected chi connectivity index (χ3v) is 2.84. The third-order valence-electron chi connectivity index (χ3n) is 2.84. The van der Waals surface area contributed by atoms with Crippen molar-refractivity contribution in [3.05, 3.63) is 60.7 Å². The molecule has 1 saturated heterocycles. The van der Waals surface area contributed by atoms with Crippen LogP contribution in [0.15, 0.2) is 60.7 Å². The van der Waals surface area contributed by atoms with E-state index in [-0.39, 0.29) is 0 Å². The fraction of sp³-hybridized carbons (Fsp3) is 0.250. The van der Waals surface area contributed by atoms with Crippen molar-refractivity contribution in [1.82, 2.24) is 10.6 Å². The molecule has 1 fully saturated rings. The van der Waals surface area contributed by atoms with E-state index in [0.717, 1.165) is 26.2 Å². The number of piperazine rings is 1. The number of hydrogen-bond acceptors (Lipinski definition) is 2. The first-order valence-electron chi connectivity index (χ1n) is 6.49. The maximum Gasteiger partial charge on any atom is 0.00772 e. The van der Waals surface area contributed by atoms with Gasteiger partial charge in [0.05, 0.1) is 0 Å². The summed E-state index contributed by atoms with van der Waals surface area (Å²) in [6.45, 7) is 4.56. The highest BCUT2D eigenvalue weighted by molar-refractivity contribution is 5.62. The van der Waals surface area contributed by atoms with Gasteiger partial charge in [-0.05, 0) is 11.1 Å². The van der Waals surface area contributed by atoms with E-state index in [1.54, 1.807) is 0 Å². The molecule has 1 aliphatic heterocycles. The zero-order valence-corrected chi connectivity index (χ0v) is 10.6. The zero-order valence-electron chi connectivity index (χ0n) is 10.6. The van der Waals surface area contributed by atoms with Crippen LogP contribution in [0.25, 0.3) is 11.1 Å². The van der Waals surface area contributed by atoms with Gasteiger partial charge in [0.25, 0.3) is 0 Å². The van der Waals surface area contributed by atoms with Crippen LogP contribution in [0.5, 0.6) is 0 Å². The fourth-order valence-electron chi connectivity index (χ4n) is 1.86. The Morgan fingerprint density at radius 2 is 0.833 bits per heavy atom. The van der Waals surface area contributed by atoms with Crippen molar-refractivity contribution in [2.75, 3.05) is 26.2 Å². The third kappa shape index (κ3) is 4.32. The largest absolute Gasteiger partial charge is 0.314 e. The van der Waals surface area contributed by atoms with Gasteiger partial charge in [-0.25, -0.2) is 0 Å². The molecule has 0 aromatic heterocycles. The van der Waals surface area contributed by atoms with E-state index in [2.05, 4.69) is 59.2 Å². The number of nitrogens with one attached hydrogen (secondary N) is 2. The van der Waals surface area contributed by atoms with E-state index in [4.69, 9.17) is 0 Å². The summed E-state index contributed by atoms with van der Waals surface area (Å²) in [6.07, 6.45) is 0. The molecule has 1 heterocycles. The van der Waals surface area contributed by atoms with Gasteiger partial charge in [-0.3, -0.25) is 0 Å². The van der Waals surface area contributed by atoms with Crippen LogP contribution in [0, 0.1) is 0 Å². The Labute approximate surface area is 109 Å². The molecule has 2 aromatic rings. The van der Waals surface area contributed by atoms with Gasteiger partial charge < -0.3 is 10.6 Å². The minimum absolute atomic E-state index is 1.14. The van der Waals surface area contributed by atoms with Crippen LogP contribution in [0.2, 0.25) is 0 Å². The second kappa shape index (κ2) is 7.64. The van der Waals surface area contributed by atoms with Gasteiger partial charge in [0, 0.05) is 26.2 Å². The van der Waals surface area contributed by atoms with Crippen molar-refractivity contribution in [3.63, 3.8) is 0 Å². The van der Waals surface area contributed by atoms with E-state index in [0.29, 0.717) is 0 Å². The van der Waals surface area contributed by atoms with Gasteiger partial charge in [-0.2, -0.15) is 0 Å². The van der Waals surface area contributed by atoms with Gasteiger partial charge in [0.2, 0.25) is 0 Å². The summed E-state index contributed by atoms with van der Waals surface area (Å²) in [5.41, 5.74) is 2.55. The van der Waals surface area contributed by atoms with Gasteiger partial charge in [0.1, 0.15) is 0 Å². The molecule has 2 aromatic carbocycles. The van der Waals surface area contributed by atoms with Crippen molar-refractivity contribution in [2.45, 2.75) is 0 Å². The molecule has 3 rings (SSSR count). The molecule has 2 nitrogen and oxygen atoms in total. The van der Waals surface area contributed by atoms with Crippen LogP contribution in [0.4, 0.5) is 0 Å². The minimum atomic E-state index is 1.14. The molecule has 0 aliphatic carbocycles. The van der Waals surface area contributed by atoms with Crippen molar-refractivity contribution >= 4 is 0 Å². The molecule has 0 bridgehead atoms. The molecule has 0 atom stereocenters. The molecule has 1 aliphatic rings. The van der Waals surface area contributed by atoms with Gasteiger partial charge in [-0.15, -0.1) is 0 Å². The van der Waals surface area contributed by atoms with E-state index in [9.17, 15) is 0 Å². The summed E-state index contributed by atoms with van der Waals surface area (Å²) in [7, 11) is 0. The average Bonchev–Trinajstić information content (AvgIpc) is 2.51. The maximum atomic E-state index is 3.22. The fourth-order valence-corrected chi connectivity index (χ4v) is 1.86. The second-order valence-corrected chi connectivity index (χ2v) is 4.23. The van der Waals surface area contributed by atoms with E-state index < -0.39 is 0 Å². The summed E-state index contributed by atoms with van der Waals surface area (Å²) in [6, 6.07) is 20.8. The molecule has 0 spiro atoms. The van der Waals surface area contributed by atoms with E-state index in [1.165, 1.54) is 11.1 Å². The second-order valence-electron chi connectivity index (χ2n) is 4.23. The topological polar surface area (TPSA) is 24.1 Å². The Hall–Kier alpha value is -1.64. The van der Waals surface area contributed by atoms with Gasteiger partial charge >= 0.3 is 0 Å². The molecular formula is C16H20N2.